The lowest BCUT2D eigenvalue weighted by molar-refractivity contribution is -0.113. The normalized spacial score (nSPS) is 10.4. The average molecular weight is 403 g/mol. The monoisotopic (exact) mass is 403 g/mol. The number of hydrogen-bond acceptors (Lipinski definition) is 3. The molecule has 2 nitrogen and oxygen atoms in total. The molecule has 0 aliphatic rings. The lowest BCUT2D eigenvalue weighted by atomic mass is 10.2. The molecule has 0 saturated carbocycles. The fourth-order valence-electron chi connectivity index (χ4n) is 1.51. The molecule has 0 atom stereocenters. The molecule has 0 saturated heterocycles. The Balaban J connectivity index is 1.79. The fourth-order valence-corrected chi connectivity index (χ4v) is 3.69. The molecule has 0 unspecified atom stereocenters. The summed E-state index contributed by atoms with van der Waals surface area (Å²) < 4.78 is 1.17. The predicted octanol–water partition coefficient (Wildman–Crippen LogP) is 4.53. The molecule has 2 aromatic rings. The molecule has 1 heterocycles. The summed E-state index contributed by atoms with van der Waals surface area (Å²) in [6, 6.07) is 10.1. The molecule has 0 aliphatic heterocycles. The van der Waals surface area contributed by atoms with Gasteiger partial charge < -0.3 is 5.32 Å². The summed E-state index contributed by atoms with van der Waals surface area (Å²) in [6.45, 7) is 2.06. The van der Waals surface area contributed by atoms with E-state index < -0.39 is 0 Å². The first kappa shape index (κ1) is 14.9. The Kier molecular flexibility index (Phi) is 5.72. The summed E-state index contributed by atoms with van der Waals surface area (Å²) in [4.78, 5) is 13.1. The molecule has 0 fully saturated rings. The zero-order chi connectivity index (χ0) is 13.7. The molecule has 100 valence electrons. The maximum atomic E-state index is 11.8. The molecular weight excluding hydrogens is 389 g/mol. The molecule has 1 N–H and O–H groups in total. The number of rotatable bonds is 5. The van der Waals surface area contributed by atoms with Crippen molar-refractivity contribution in [2.24, 2.45) is 0 Å². The first-order chi connectivity index (χ1) is 9.15. The largest absolute Gasteiger partial charge is 0.325 e. The topological polar surface area (TPSA) is 29.1 Å². The van der Waals surface area contributed by atoms with Crippen LogP contribution in [0.2, 0.25) is 0 Å². The number of amides is 1. The maximum absolute atomic E-state index is 11.8. The van der Waals surface area contributed by atoms with Gasteiger partial charge in [-0.25, -0.2) is 0 Å². The van der Waals surface area contributed by atoms with E-state index in [0.717, 1.165) is 11.4 Å². The number of nitrogens with one attached hydrogen (secondary N) is 1. The highest BCUT2D eigenvalue weighted by Crippen LogP contribution is 2.19. The molecule has 1 aromatic carbocycles. The second kappa shape index (κ2) is 7.31. The van der Waals surface area contributed by atoms with Gasteiger partial charge in [-0.2, -0.15) is 0 Å². The van der Waals surface area contributed by atoms with Crippen molar-refractivity contribution in [3.05, 3.63) is 49.7 Å². The van der Waals surface area contributed by atoms with Crippen LogP contribution in [0.5, 0.6) is 0 Å². The number of anilines is 1. The van der Waals surface area contributed by atoms with Crippen molar-refractivity contribution >= 4 is 57.3 Å². The van der Waals surface area contributed by atoms with E-state index in [0.29, 0.717) is 5.75 Å². The Labute approximate surface area is 135 Å². The number of thiophene rings is 1. The Morgan fingerprint density at radius 3 is 2.95 bits per heavy atom. The average Bonchev–Trinajstić information content (AvgIpc) is 2.87. The molecule has 0 spiro atoms. The maximum Gasteiger partial charge on any atom is 0.234 e. The van der Waals surface area contributed by atoms with Crippen molar-refractivity contribution in [3.63, 3.8) is 0 Å². The standard InChI is InChI=1S/C14H14INOS2/c1-10-4-5-11(7-13(10)15)16-14(17)9-18-8-12-3-2-6-19-12/h2-7H,8-9H2,1H3,(H,16,17). The third kappa shape index (κ3) is 4.81. The van der Waals surface area contributed by atoms with Gasteiger partial charge in [-0.3, -0.25) is 4.79 Å². The van der Waals surface area contributed by atoms with Crippen LogP contribution in [0.15, 0.2) is 35.7 Å². The van der Waals surface area contributed by atoms with E-state index in [4.69, 9.17) is 0 Å². The van der Waals surface area contributed by atoms with Gasteiger partial charge in [0.1, 0.15) is 0 Å². The van der Waals surface area contributed by atoms with Crippen LogP contribution in [0.25, 0.3) is 0 Å². The van der Waals surface area contributed by atoms with Crippen LogP contribution >= 0.6 is 45.7 Å². The first-order valence-electron chi connectivity index (χ1n) is 5.81. The van der Waals surface area contributed by atoms with E-state index in [1.807, 2.05) is 24.3 Å². The van der Waals surface area contributed by atoms with Crippen LogP contribution < -0.4 is 5.32 Å². The molecule has 1 aromatic heterocycles. The number of carbonyl (C=O) groups is 1. The highest BCUT2D eigenvalue weighted by atomic mass is 127. The summed E-state index contributed by atoms with van der Waals surface area (Å²) in [7, 11) is 0. The second-order valence-electron chi connectivity index (χ2n) is 4.08. The van der Waals surface area contributed by atoms with Gasteiger partial charge in [-0.05, 0) is 58.7 Å². The number of carbonyl (C=O) groups excluding carboxylic acids is 1. The molecule has 19 heavy (non-hydrogen) atoms. The summed E-state index contributed by atoms with van der Waals surface area (Å²) in [6.07, 6.45) is 0. The van der Waals surface area contributed by atoms with Crippen molar-refractivity contribution in [1.82, 2.24) is 0 Å². The van der Waals surface area contributed by atoms with Crippen LogP contribution in [0.4, 0.5) is 5.69 Å². The summed E-state index contributed by atoms with van der Waals surface area (Å²) in [5.41, 5.74) is 2.10. The number of aryl methyl sites for hydroxylation is 1. The van der Waals surface area contributed by atoms with Gasteiger partial charge in [0.25, 0.3) is 0 Å². The van der Waals surface area contributed by atoms with Gasteiger partial charge in [-0.15, -0.1) is 23.1 Å². The van der Waals surface area contributed by atoms with Crippen molar-refractivity contribution in [2.45, 2.75) is 12.7 Å². The third-order valence-corrected chi connectivity index (χ3v) is 5.72. The Bertz CT molecular complexity index is 555. The minimum atomic E-state index is 0.0567. The van der Waals surface area contributed by atoms with Crippen molar-refractivity contribution in [3.8, 4) is 0 Å². The quantitative estimate of drug-likeness (QED) is 0.744. The lowest BCUT2D eigenvalue weighted by Crippen LogP contribution is -2.14. The zero-order valence-electron chi connectivity index (χ0n) is 10.5. The van der Waals surface area contributed by atoms with E-state index in [2.05, 4.69) is 46.3 Å². The van der Waals surface area contributed by atoms with Crippen LogP contribution in [0.3, 0.4) is 0 Å². The van der Waals surface area contributed by atoms with Gasteiger partial charge in [0.15, 0.2) is 0 Å². The van der Waals surface area contributed by atoms with Gasteiger partial charge in [-0.1, -0.05) is 12.1 Å². The van der Waals surface area contributed by atoms with E-state index in [1.165, 1.54) is 14.0 Å². The highest BCUT2D eigenvalue weighted by Gasteiger charge is 2.04. The van der Waals surface area contributed by atoms with Gasteiger partial charge >= 0.3 is 0 Å². The molecule has 1 amide bonds. The number of thioether (sulfide) groups is 1. The second-order valence-corrected chi connectivity index (χ2v) is 7.26. The summed E-state index contributed by atoms with van der Waals surface area (Å²) in [5, 5.41) is 4.99. The van der Waals surface area contributed by atoms with Gasteiger partial charge in [0.05, 0.1) is 5.75 Å². The van der Waals surface area contributed by atoms with Crippen LogP contribution in [0, 0.1) is 10.5 Å². The van der Waals surface area contributed by atoms with Crippen LogP contribution in [0.1, 0.15) is 10.4 Å². The molecule has 2 rings (SSSR count). The SMILES string of the molecule is Cc1ccc(NC(=O)CSCc2cccs2)cc1I. The van der Waals surface area contributed by atoms with Crippen molar-refractivity contribution in [2.75, 3.05) is 11.1 Å². The Morgan fingerprint density at radius 2 is 2.26 bits per heavy atom. The van der Waals surface area contributed by atoms with Gasteiger partial charge in [0.2, 0.25) is 5.91 Å². The van der Waals surface area contributed by atoms with Gasteiger partial charge in [0, 0.05) is 19.9 Å². The van der Waals surface area contributed by atoms with E-state index >= 15 is 0 Å². The van der Waals surface area contributed by atoms with Crippen LogP contribution in [-0.4, -0.2) is 11.7 Å². The molecule has 5 heteroatoms. The molecule has 0 aliphatic carbocycles. The number of halogens is 1. The Morgan fingerprint density at radius 1 is 1.42 bits per heavy atom. The minimum Gasteiger partial charge on any atom is -0.325 e. The smallest absolute Gasteiger partial charge is 0.234 e. The lowest BCUT2D eigenvalue weighted by Gasteiger charge is -2.06. The van der Waals surface area contributed by atoms with E-state index in [-0.39, 0.29) is 5.91 Å². The van der Waals surface area contributed by atoms with Crippen LogP contribution in [-0.2, 0) is 10.5 Å². The van der Waals surface area contributed by atoms with E-state index in [1.54, 1.807) is 23.1 Å². The number of benzene rings is 1. The molecule has 0 bridgehead atoms. The van der Waals surface area contributed by atoms with Crippen molar-refractivity contribution < 1.29 is 4.79 Å². The third-order valence-electron chi connectivity index (χ3n) is 2.51. The van der Waals surface area contributed by atoms with Crippen molar-refractivity contribution in [1.29, 1.82) is 0 Å². The zero-order valence-corrected chi connectivity index (χ0v) is 14.3. The molecular formula is C14H14INOS2. The first-order valence-corrected chi connectivity index (χ1v) is 8.92. The summed E-state index contributed by atoms with van der Waals surface area (Å²) >= 11 is 5.65. The molecule has 0 radical (unpaired) electrons. The van der Waals surface area contributed by atoms with E-state index in [9.17, 15) is 4.79 Å². The highest BCUT2D eigenvalue weighted by molar-refractivity contribution is 14.1. The fraction of sp³-hybridized carbons (Fsp3) is 0.214. The minimum absolute atomic E-state index is 0.0567. The number of hydrogen-bond donors (Lipinski definition) is 1. The predicted molar refractivity (Wildman–Crippen MR) is 93.0 cm³/mol. The summed E-state index contributed by atoms with van der Waals surface area (Å²) in [5.74, 6) is 1.44. The Hall–Kier alpha value is -0.530.